The zero-order valence-electron chi connectivity index (χ0n) is 27.3. The highest BCUT2D eigenvalue weighted by Gasteiger charge is 2.18. The molecular weight excluding hydrogens is 600 g/mol. The number of aromatic nitrogens is 5. The molecule has 0 amide bonds. The summed E-state index contributed by atoms with van der Waals surface area (Å²) >= 11 is 0. The molecule has 0 spiro atoms. The lowest BCUT2D eigenvalue weighted by atomic mass is 9.97. The van der Waals surface area contributed by atoms with E-state index in [9.17, 15) is 10.1 Å². The number of rotatable bonds is 12. The molecule has 48 heavy (non-hydrogen) atoms. The minimum atomic E-state index is -0.183. The quantitative estimate of drug-likeness (QED) is 0.136. The van der Waals surface area contributed by atoms with E-state index in [1.807, 2.05) is 85.8 Å². The summed E-state index contributed by atoms with van der Waals surface area (Å²) in [5.41, 5.74) is 6.42. The second-order valence-corrected chi connectivity index (χ2v) is 11.6. The van der Waals surface area contributed by atoms with Crippen molar-refractivity contribution in [2.75, 3.05) is 6.61 Å². The van der Waals surface area contributed by atoms with E-state index in [4.69, 9.17) is 14.1 Å². The van der Waals surface area contributed by atoms with Gasteiger partial charge in [0.05, 0.1) is 42.0 Å². The van der Waals surface area contributed by atoms with Gasteiger partial charge < -0.3 is 9.15 Å². The summed E-state index contributed by atoms with van der Waals surface area (Å²) in [4.78, 5) is 32.5. The predicted octanol–water partition coefficient (Wildman–Crippen LogP) is 7.39. The number of benzene rings is 3. The van der Waals surface area contributed by atoms with E-state index < -0.39 is 0 Å². The lowest BCUT2D eigenvalue weighted by Crippen LogP contribution is -2.29. The summed E-state index contributed by atoms with van der Waals surface area (Å²) in [6, 6.07) is 27.6. The monoisotopic (exact) mass is 636 g/mol. The molecule has 3 heterocycles. The van der Waals surface area contributed by atoms with Crippen LogP contribution in [0.25, 0.3) is 28.5 Å². The number of hydrogen-bond acceptors (Lipinski definition) is 8. The number of aryl methyl sites for hydroxylation is 3. The molecule has 9 heteroatoms. The van der Waals surface area contributed by atoms with Gasteiger partial charge in [0.2, 0.25) is 11.8 Å². The zero-order chi connectivity index (χ0) is 33.5. The molecule has 0 aliphatic rings. The van der Waals surface area contributed by atoms with Crippen molar-refractivity contribution < 1.29 is 9.15 Å². The molecule has 9 nitrogen and oxygen atoms in total. The molecular formula is C39H36N6O3. The largest absolute Gasteiger partial charge is 0.490 e. The number of hydrogen-bond donors (Lipinski definition) is 0. The van der Waals surface area contributed by atoms with Crippen LogP contribution in [0.15, 0.2) is 100 Å². The molecule has 240 valence electrons. The zero-order valence-corrected chi connectivity index (χ0v) is 27.3. The number of nitriles is 1. The van der Waals surface area contributed by atoms with Gasteiger partial charge in [-0.05, 0) is 61.6 Å². The molecule has 6 aromatic rings. The second kappa shape index (κ2) is 14.7. The third-order valence-corrected chi connectivity index (χ3v) is 8.23. The first-order chi connectivity index (χ1) is 23.4. The molecule has 0 aliphatic carbocycles. The third-order valence-electron chi connectivity index (χ3n) is 8.23. The van der Waals surface area contributed by atoms with Gasteiger partial charge in [0.15, 0.2) is 5.75 Å². The molecule has 3 aromatic carbocycles. The van der Waals surface area contributed by atoms with E-state index >= 15 is 0 Å². The maximum atomic E-state index is 14.1. The normalized spacial score (nSPS) is 11.0. The van der Waals surface area contributed by atoms with Crippen LogP contribution in [0.1, 0.15) is 59.4 Å². The Kier molecular flexibility index (Phi) is 9.82. The summed E-state index contributed by atoms with van der Waals surface area (Å²) in [5.74, 6) is 2.60. The van der Waals surface area contributed by atoms with Crippen LogP contribution in [0.2, 0.25) is 0 Å². The molecule has 6 rings (SSSR count). The fourth-order valence-corrected chi connectivity index (χ4v) is 5.65. The minimum absolute atomic E-state index is 0.183. The number of unbranched alkanes of at least 4 members (excludes halogenated alkanes) is 1. The van der Waals surface area contributed by atoms with Crippen LogP contribution in [0.3, 0.4) is 0 Å². The Labute approximate surface area is 279 Å². The van der Waals surface area contributed by atoms with Gasteiger partial charge in [-0.15, -0.1) is 0 Å². The van der Waals surface area contributed by atoms with Gasteiger partial charge in [-0.2, -0.15) is 5.26 Å². The van der Waals surface area contributed by atoms with Crippen molar-refractivity contribution in [3.8, 4) is 40.3 Å². The average Bonchev–Trinajstić information content (AvgIpc) is 3.50. The third kappa shape index (κ3) is 7.08. The van der Waals surface area contributed by atoms with Crippen molar-refractivity contribution in [3.63, 3.8) is 0 Å². The molecule has 0 atom stereocenters. The summed E-state index contributed by atoms with van der Waals surface area (Å²) in [7, 11) is 0. The summed E-state index contributed by atoms with van der Waals surface area (Å²) in [6.45, 7) is 6.19. The second-order valence-electron chi connectivity index (χ2n) is 11.6. The van der Waals surface area contributed by atoms with Crippen molar-refractivity contribution in [3.05, 3.63) is 141 Å². The van der Waals surface area contributed by atoms with Crippen molar-refractivity contribution in [1.29, 1.82) is 5.26 Å². The van der Waals surface area contributed by atoms with Gasteiger partial charge in [-0.25, -0.2) is 24.5 Å². The Morgan fingerprint density at radius 2 is 1.58 bits per heavy atom. The van der Waals surface area contributed by atoms with Gasteiger partial charge in [-0.3, -0.25) is 4.79 Å². The van der Waals surface area contributed by atoms with Crippen LogP contribution >= 0.6 is 0 Å². The highest BCUT2D eigenvalue weighted by Crippen LogP contribution is 2.25. The molecule has 0 fully saturated rings. The Hall–Kier alpha value is -5.88. The van der Waals surface area contributed by atoms with E-state index in [1.54, 1.807) is 19.3 Å². The Balaban J connectivity index is 1.19. The molecule has 0 unspecified atom stereocenters. The fraction of sp³-hybridized carbons (Fsp3) is 0.231. The average molecular weight is 637 g/mol. The van der Waals surface area contributed by atoms with E-state index in [0.29, 0.717) is 54.5 Å². The van der Waals surface area contributed by atoms with Crippen molar-refractivity contribution in [1.82, 2.24) is 24.5 Å². The molecule has 0 bridgehead atoms. The van der Waals surface area contributed by atoms with Gasteiger partial charge >= 0.3 is 0 Å². The van der Waals surface area contributed by atoms with Gasteiger partial charge in [0.25, 0.3) is 5.56 Å². The topological polar surface area (TPSA) is 120 Å². The molecule has 0 aliphatic heterocycles. The smallest absolute Gasteiger partial charge is 0.264 e. The van der Waals surface area contributed by atoms with Crippen LogP contribution in [-0.2, 0) is 19.3 Å². The van der Waals surface area contributed by atoms with Crippen molar-refractivity contribution in [2.24, 2.45) is 0 Å². The summed E-state index contributed by atoms with van der Waals surface area (Å²) < 4.78 is 13.3. The first kappa shape index (κ1) is 32.1. The molecule has 3 aromatic heterocycles. The molecule has 0 radical (unpaired) electrons. The Morgan fingerprint density at radius 1 is 0.854 bits per heavy atom. The first-order valence-corrected chi connectivity index (χ1v) is 16.1. The lowest BCUT2D eigenvalue weighted by Gasteiger charge is -2.15. The van der Waals surface area contributed by atoms with Gasteiger partial charge in [0.1, 0.15) is 11.6 Å². The lowest BCUT2D eigenvalue weighted by molar-refractivity contribution is 0.317. The van der Waals surface area contributed by atoms with E-state index in [0.717, 1.165) is 52.2 Å². The maximum absolute atomic E-state index is 14.1. The molecule has 0 N–H and O–H groups in total. The Morgan fingerprint density at radius 3 is 2.31 bits per heavy atom. The Bertz CT molecular complexity index is 2110. The number of oxazole rings is 1. The fourth-order valence-electron chi connectivity index (χ4n) is 5.65. The van der Waals surface area contributed by atoms with Crippen LogP contribution < -0.4 is 10.3 Å². The van der Waals surface area contributed by atoms with Crippen LogP contribution in [0.4, 0.5) is 0 Å². The summed E-state index contributed by atoms with van der Waals surface area (Å²) in [5, 5.41) is 9.53. The van der Waals surface area contributed by atoms with Crippen molar-refractivity contribution >= 4 is 0 Å². The van der Waals surface area contributed by atoms with E-state index in [1.165, 1.54) is 4.57 Å². The first-order valence-electron chi connectivity index (χ1n) is 16.1. The predicted molar refractivity (Wildman–Crippen MR) is 184 cm³/mol. The molecule has 0 saturated carbocycles. The van der Waals surface area contributed by atoms with Crippen LogP contribution in [0, 0.1) is 25.2 Å². The maximum Gasteiger partial charge on any atom is 0.264 e. The summed E-state index contributed by atoms with van der Waals surface area (Å²) in [6.07, 6.45) is 6.74. The van der Waals surface area contributed by atoms with Crippen LogP contribution in [-0.4, -0.2) is 31.1 Å². The highest BCUT2D eigenvalue weighted by atomic mass is 16.5. The van der Waals surface area contributed by atoms with E-state index in [2.05, 4.69) is 27.9 Å². The van der Waals surface area contributed by atoms with E-state index in [-0.39, 0.29) is 11.5 Å². The minimum Gasteiger partial charge on any atom is -0.490 e. The van der Waals surface area contributed by atoms with Crippen molar-refractivity contribution in [2.45, 2.75) is 52.9 Å². The number of ether oxygens (including phenoxy) is 1. The van der Waals surface area contributed by atoms with Gasteiger partial charge in [-0.1, -0.05) is 74.0 Å². The highest BCUT2D eigenvalue weighted by molar-refractivity contribution is 5.70. The van der Waals surface area contributed by atoms with Gasteiger partial charge in [0, 0.05) is 24.0 Å². The number of nitrogens with zero attached hydrogens (tertiary/aromatic N) is 6. The standard InChI is InChI=1S/C39H36N6O3/c1-4-5-15-36-34(22-28-16-18-29(19-17-28)33-14-10-9-13-31(33)23-40)38(46)45(27(3)43-36)39-41-24-32(25-42-39)47-21-20-35-26(2)48-37(44-35)30-11-7-6-8-12-30/h6-14,16-19,24-25H,4-5,15,20-22H2,1-3H3. The molecule has 0 saturated heterocycles. The SMILES string of the molecule is CCCCc1nc(C)n(-c2ncc(OCCc3nc(-c4ccccc4)oc3C)cn2)c(=O)c1Cc1ccc(-c2ccccc2C#N)cc1. The van der Waals surface area contributed by atoms with Crippen LogP contribution in [0.5, 0.6) is 5.75 Å².